The van der Waals surface area contributed by atoms with Crippen molar-refractivity contribution < 1.29 is 8.42 Å². The number of hydrogen-bond donors (Lipinski definition) is 2. The van der Waals surface area contributed by atoms with E-state index in [1.165, 1.54) is 0 Å². The average Bonchev–Trinajstić information content (AvgIpc) is 2.67. The van der Waals surface area contributed by atoms with E-state index in [-0.39, 0.29) is 10.7 Å². The highest BCUT2D eigenvalue weighted by atomic mass is 32.2. The summed E-state index contributed by atoms with van der Waals surface area (Å²) in [5.41, 5.74) is 7.98. The van der Waals surface area contributed by atoms with E-state index in [1.807, 2.05) is 0 Å². The van der Waals surface area contributed by atoms with Crippen molar-refractivity contribution in [3.63, 3.8) is 0 Å². The van der Waals surface area contributed by atoms with Gasteiger partial charge in [-0.05, 0) is 12.5 Å². The van der Waals surface area contributed by atoms with Gasteiger partial charge < -0.3 is 5.73 Å². The predicted octanol–water partition coefficient (Wildman–Crippen LogP) is 1.30. The van der Waals surface area contributed by atoms with Gasteiger partial charge in [0, 0.05) is 18.8 Å². The Morgan fingerprint density at radius 2 is 2.00 bits per heavy atom. The zero-order valence-electron chi connectivity index (χ0n) is 11.7. The molecule has 112 valence electrons. The van der Waals surface area contributed by atoms with Crippen LogP contribution in [0.2, 0.25) is 0 Å². The van der Waals surface area contributed by atoms with Crippen LogP contribution in [0.3, 0.4) is 0 Å². The van der Waals surface area contributed by atoms with Gasteiger partial charge in [-0.3, -0.25) is 9.40 Å². The van der Waals surface area contributed by atoms with E-state index >= 15 is 0 Å². The highest BCUT2D eigenvalue weighted by Crippen LogP contribution is 2.16. The standard InChI is InChI=1S/C13H16N4O2S2/c1-9-12(7-17(2)15-9)16-21(18,19)8-10-3-5-11(6-4-10)13(14)20/h3-7,16H,8H2,1-2H3,(H2,14,20). The Balaban J connectivity index is 2.14. The number of nitrogens with one attached hydrogen (secondary N) is 1. The van der Waals surface area contributed by atoms with Crippen LogP contribution in [0.15, 0.2) is 30.5 Å². The van der Waals surface area contributed by atoms with Crippen molar-refractivity contribution in [2.45, 2.75) is 12.7 Å². The van der Waals surface area contributed by atoms with Gasteiger partial charge in [0.2, 0.25) is 10.0 Å². The second kappa shape index (κ2) is 5.82. The summed E-state index contributed by atoms with van der Waals surface area (Å²) in [6, 6.07) is 6.82. The number of aryl methyl sites for hydroxylation is 2. The van der Waals surface area contributed by atoms with Crippen LogP contribution in [0.4, 0.5) is 5.69 Å². The fraction of sp³-hybridized carbons (Fsp3) is 0.231. The van der Waals surface area contributed by atoms with Gasteiger partial charge in [-0.2, -0.15) is 5.10 Å². The van der Waals surface area contributed by atoms with E-state index in [1.54, 1.807) is 49.1 Å². The molecule has 0 atom stereocenters. The largest absolute Gasteiger partial charge is 0.389 e. The van der Waals surface area contributed by atoms with E-state index in [0.29, 0.717) is 22.5 Å². The molecular weight excluding hydrogens is 308 g/mol. The molecule has 0 aliphatic rings. The van der Waals surface area contributed by atoms with Gasteiger partial charge in [0.15, 0.2) is 0 Å². The zero-order valence-corrected chi connectivity index (χ0v) is 13.3. The second-order valence-electron chi connectivity index (χ2n) is 4.72. The average molecular weight is 324 g/mol. The summed E-state index contributed by atoms with van der Waals surface area (Å²) in [7, 11) is -1.76. The Morgan fingerprint density at radius 3 is 2.48 bits per heavy atom. The van der Waals surface area contributed by atoms with Gasteiger partial charge in [0.1, 0.15) is 4.99 Å². The maximum Gasteiger partial charge on any atom is 0.237 e. The van der Waals surface area contributed by atoms with Crippen LogP contribution < -0.4 is 10.5 Å². The van der Waals surface area contributed by atoms with E-state index in [9.17, 15) is 8.42 Å². The lowest BCUT2D eigenvalue weighted by Gasteiger charge is -2.07. The van der Waals surface area contributed by atoms with Gasteiger partial charge >= 0.3 is 0 Å². The summed E-state index contributed by atoms with van der Waals surface area (Å²) >= 11 is 4.86. The van der Waals surface area contributed by atoms with Crippen molar-refractivity contribution in [3.8, 4) is 0 Å². The third-order valence-electron chi connectivity index (χ3n) is 2.87. The SMILES string of the molecule is Cc1nn(C)cc1NS(=O)(=O)Cc1ccc(C(N)=S)cc1. The van der Waals surface area contributed by atoms with Gasteiger partial charge in [-0.25, -0.2) is 8.42 Å². The molecule has 1 heterocycles. The molecule has 0 aliphatic heterocycles. The molecule has 0 saturated heterocycles. The van der Waals surface area contributed by atoms with Crippen molar-refractivity contribution >= 4 is 32.9 Å². The maximum atomic E-state index is 12.2. The summed E-state index contributed by atoms with van der Waals surface area (Å²) in [6.07, 6.45) is 1.63. The molecule has 0 fully saturated rings. The zero-order chi connectivity index (χ0) is 15.6. The predicted molar refractivity (Wildman–Crippen MR) is 86.5 cm³/mol. The fourth-order valence-electron chi connectivity index (χ4n) is 1.89. The molecular formula is C13H16N4O2S2. The van der Waals surface area contributed by atoms with E-state index < -0.39 is 10.0 Å². The molecule has 1 aromatic carbocycles. The minimum absolute atomic E-state index is 0.126. The highest BCUT2D eigenvalue weighted by Gasteiger charge is 2.14. The van der Waals surface area contributed by atoms with Crippen LogP contribution in [0, 0.1) is 6.92 Å². The smallest absolute Gasteiger partial charge is 0.237 e. The Labute approximate surface area is 129 Å². The molecule has 1 aromatic heterocycles. The molecule has 21 heavy (non-hydrogen) atoms. The number of aromatic nitrogens is 2. The molecule has 0 spiro atoms. The highest BCUT2D eigenvalue weighted by molar-refractivity contribution is 7.91. The first kappa shape index (κ1) is 15.5. The molecule has 0 unspecified atom stereocenters. The summed E-state index contributed by atoms with van der Waals surface area (Å²) < 4.78 is 28.4. The molecule has 8 heteroatoms. The number of benzene rings is 1. The normalized spacial score (nSPS) is 11.3. The third kappa shape index (κ3) is 4.02. The van der Waals surface area contributed by atoms with E-state index in [2.05, 4.69) is 9.82 Å². The van der Waals surface area contributed by atoms with Gasteiger partial charge in [-0.15, -0.1) is 0 Å². The molecule has 6 nitrogen and oxygen atoms in total. The second-order valence-corrected chi connectivity index (χ2v) is 6.89. The van der Waals surface area contributed by atoms with Crippen molar-refractivity contribution in [1.82, 2.24) is 9.78 Å². The number of hydrogen-bond acceptors (Lipinski definition) is 4. The molecule has 0 radical (unpaired) electrons. The lowest BCUT2D eigenvalue weighted by Crippen LogP contribution is -2.15. The van der Waals surface area contributed by atoms with Crippen molar-refractivity contribution in [2.75, 3.05) is 4.72 Å². The minimum atomic E-state index is -3.50. The first-order valence-corrected chi connectivity index (χ1v) is 8.22. The van der Waals surface area contributed by atoms with E-state index in [0.717, 1.165) is 0 Å². The molecule has 0 amide bonds. The van der Waals surface area contributed by atoms with Crippen molar-refractivity contribution in [3.05, 3.63) is 47.3 Å². The first-order chi connectivity index (χ1) is 9.77. The number of anilines is 1. The molecule has 0 aliphatic carbocycles. The first-order valence-electron chi connectivity index (χ1n) is 6.16. The molecule has 3 N–H and O–H groups in total. The fourth-order valence-corrected chi connectivity index (χ4v) is 3.26. The summed E-state index contributed by atoms with van der Waals surface area (Å²) in [6.45, 7) is 1.74. The lowest BCUT2D eigenvalue weighted by molar-refractivity contribution is 0.600. The Kier molecular flexibility index (Phi) is 4.29. The summed E-state index contributed by atoms with van der Waals surface area (Å²) in [5.74, 6) is -0.126. The van der Waals surface area contributed by atoms with Crippen molar-refractivity contribution in [1.29, 1.82) is 0 Å². The Morgan fingerprint density at radius 1 is 1.38 bits per heavy atom. The van der Waals surface area contributed by atoms with Crippen LogP contribution in [-0.2, 0) is 22.8 Å². The molecule has 2 rings (SSSR count). The monoisotopic (exact) mass is 324 g/mol. The van der Waals surface area contributed by atoms with Crippen LogP contribution >= 0.6 is 12.2 Å². The number of thiocarbonyl (C=S) groups is 1. The van der Waals surface area contributed by atoms with Crippen LogP contribution in [-0.4, -0.2) is 23.2 Å². The third-order valence-corrected chi connectivity index (χ3v) is 4.35. The Bertz CT molecular complexity index is 764. The summed E-state index contributed by atoms with van der Waals surface area (Å²) in [4.78, 5) is 0.286. The van der Waals surface area contributed by atoms with Crippen LogP contribution in [0.5, 0.6) is 0 Å². The molecule has 0 bridgehead atoms. The van der Waals surface area contributed by atoms with Crippen molar-refractivity contribution in [2.24, 2.45) is 12.8 Å². The van der Waals surface area contributed by atoms with Gasteiger partial charge in [0.25, 0.3) is 0 Å². The van der Waals surface area contributed by atoms with Gasteiger partial charge in [-0.1, -0.05) is 36.5 Å². The number of rotatable bonds is 5. The topological polar surface area (TPSA) is 90.0 Å². The minimum Gasteiger partial charge on any atom is -0.389 e. The summed E-state index contributed by atoms with van der Waals surface area (Å²) in [5, 5.41) is 4.09. The number of sulfonamides is 1. The van der Waals surface area contributed by atoms with Crippen LogP contribution in [0.25, 0.3) is 0 Å². The number of nitrogens with zero attached hydrogens (tertiary/aromatic N) is 2. The molecule has 0 saturated carbocycles. The maximum absolute atomic E-state index is 12.2. The van der Waals surface area contributed by atoms with Crippen LogP contribution in [0.1, 0.15) is 16.8 Å². The Hall–Kier alpha value is -1.93. The molecule has 2 aromatic rings. The quantitative estimate of drug-likeness (QED) is 0.809. The number of nitrogens with two attached hydrogens (primary N) is 1. The van der Waals surface area contributed by atoms with Gasteiger partial charge in [0.05, 0.1) is 17.1 Å². The lowest BCUT2D eigenvalue weighted by atomic mass is 10.1. The van der Waals surface area contributed by atoms with E-state index in [4.69, 9.17) is 18.0 Å².